The Labute approximate surface area is 160 Å². The average molecular weight is 380 g/mol. The molecule has 0 saturated heterocycles. The molecule has 4 rings (SSSR count). The number of nitrogens with zero attached hydrogens (tertiary/aromatic N) is 2. The first kappa shape index (κ1) is 17.2. The number of aromatic nitrogens is 2. The molecule has 27 heavy (non-hydrogen) atoms. The minimum absolute atomic E-state index is 0.298. The molecule has 6 heteroatoms. The molecule has 4 aromatic rings. The van der Waals surface area contributed by atoms with E-state index in [2.05, 4.69) is 15.5 Å². The molecular formula is C21H15ClFN3O. The first-order valence-corrected chi connectivity index (χ1v) is 8.73. The third-order valence-corrected chi connectivity index (χ3v) is 4.32. The zero-order valence-corrected chi connectivity index (χ0v) is 14.9. The van der Waals surface area contributed by atoms with E-state index in [4.69, 9.17) is 16.0 Å². The summed E-state index contributed by atoms with van der Waals surface area (Å²) < 4.78 is 19.1. The Morgan fingerprint density at radius 1 is 0.852 bits per heavy atom. The zero-order valence-electron chi connectivity index (χ0n) is 14.1. The summed E-state index contributed by atoms with van der Waals surface area (Å²) in [5.41, 5.74) is 2.47. The first-order chi connectivity index (χ1) is 13.2. The predicted octanol–water partition coefficient (Wildman–Crippen LogP) is 5.73. The fraction of sp³-hybridized carbons (Fsp3) is 0.0476. The standard InChI is InChI=1S/C21H15ClFN3O/c22-16-8-6-14(7-9-16)19(24-18-12-10-17(23)11-13-18)21-26-25-20(27-21)15-4-2-1-3-5-15/h1-13,19,24H/t19-/m0/s1. The summed E-state index contributed by atoms with van der Waals surface area (Å²) in [6.45, 7) is 0. The number of hydrogen-bond acceptors (Lipinski definition) is 4. The van der Waals surface area contributed by atoms with E-state index in [-0.39, 0.29) is 5.82 Å². The largest absolute Gasteiger partial charge is 0.418 e. The molecule has 0 spiro atoms. The van der Waals surface area contributed by atoms with Crippen molar-refractivity contribution >= 4 is 17.3 Å². The Morgan fingerprint density at radius 3 is 2.26 bits per heavy atom. The van der Waals surface area contributed by atoms with Gasteiger partial charge in [0.25, 0.3) is 0 Å². The van der Waals surface area contributed by atoms with E-state index < -0.39 is 6.04 Å². The van der Waals surface area contributed by atoms with Crippen molar-refractivity contribution in [1.82, 2.24) is 10.2 Å². The van der Waals surface area contributed by atoms with Gasteiger partial charge in [-0.05, 0) is 54.1 Å². The third-order valence-electron chi connectivity index (χ3n) is 4.07. The van der Waals surface area contributed by atoms with Crippen molar-refractivity contribution in [3.05, 3.63) is 101 Å². The summed E-state index contributed by atoms with van der Waals surface area (Å²) in [4.78, 5) is 0. The normalized spacial score (nSPS) is 11.9. The highest BCUT2D eigenvalue weighted by molar-refractivity contribution is 6.30. The molecule has 0 aliphatic carbocycles. The van der Waals surface area contributed by atoms with Crippen molar-refractivity contribution in [3.8, 4) is 11.5 Å². The van der Waals surface area contributed by atoms with Crippen LogP contribution in [-0.2, 0) is 0 Å². The Hall–Kier alpha value is -3.18. The summed E-state index contributed by atoms with van der Waals surface area (Å²) in [5, 5.41) is 12.3. The number of rotatable bonds is 5. The Morgan fingerprint density at radius 2 is 1.56 bits per heavy atom. The maximum absolute atomic E-state index is 13.2. The number of halogens is 2. The molecule has 1 aromatic heterocycles. The van der Waals surface area contributed by atoms with Crippen molar-refractivity contribution in [1.29, 1.82) is 0 Å². The van der Waals surface area contributed by atoms with Crippen molar-refractivity contribution < 1.29 is 8.81 Å². The lowest BCUT2D eigenvalue weighted by Crippen LogP contribution is -2.13. The monoisotopic (exact) mass is 379 g/mol. The average Bonchev–Trinajstić information content (AvgIpc) is 3.19. The molecule has 0 amide bonds. The molecule has 1 heterocycles. The lowest BCUT2D eigenvalue weighted by atomic mass is 10.1. The van der Waals surface area contributed by atoms with Crippen LogP contribution in [0, 0.1) is 5.82 Å². The number of hydrogen-bond donors (Lipinski definition) is 1. The highest BCUT2D eigenvalue weighted by Crippen LogP contribution is 2.29. The van der Waals surface area contributed by atoms with Crippen LogP contribution >= 0.6 is 11.6 Å². The molecule has 0 radical (unpaired) electrons. The van der Waals surface area contributed by atoms with Crippen molar-refractivity contribution in [3.63, 3.8) is 0 Å². The number of anilines is 1. The van der Waals surface area contributed by atoms with E-state index in [1.54, 1.807) is 24.3 Å². The quantitative estimate of drug-likeness (QED) is 0.481. The minimum Gasteiger partial charge on any atom is -0.418 e. The summed E-state index contributed by atoms with van der Waals surface area (Å²) in [5.74, 6) is 0.540. The van der Waals surface area contributed by atoms with Gasteiger partial charge in [0.2, 0.25) is 11.8 Å². The van der Waals surface area contributed by atoms with Crippen LogP contribution in [0.15, 0.2) is 83.3 Å². The molecule has 134 valence electrons. The predicted molar refractivity (Wildman–Crippen MR) is 103 cm³/mol. The molecule has 0 saturated carbocycles. The Kier molecular flexibility index (Phi) is 4.85. The van der Waals surface area contributed by atoms with E-state index in [1.165, 1.54) is 12.1 Å². The highest BCUT2D eigenvalue weighted by atomic mass is 35.5. The zero-order chi connectivity index (χ0) is 18.6. The molecule has 1 atom stereocenters. The van der Waals surface area contributed by atoms with Gasteiger partial charge in [0.15, 0.2) is 0 Å². The molecule has 0 aliphatic heterocycles. The van der Waals surface area contributed by atoms with Crippen LogP contribution in [0.1, 0.15) is 17.5 Å². The second-order valence-corrected chi connectivity index (χ2v) is 6.38. The maximum atomic E-state index is 13.2. The molecule has 0 aliphatic rings. The van der Waals surface area contributed by atoms with Gasteiger partial charge in [-0.3, -0.25) is 0 Å². The van der Waals surface area contributed by atoms with Crippen LogP contribution in [0.25, 0.3) is 11.5 Å². The summed E-state index contributed by atoms with van der Waals surface area (Å²) >= 11 is 6.01. The van der Waals surface area contributed by atoms with Gasteiger partial charge in [-0.1, -0.05) is 41.9 Å². The second-order valence-electron chi connectivity index (χ2n) is 5.95. The molecule has 4 nitrogen and oxygen atoms in total. The van der Waals surface area contributed by atoms with E-state index in [9.17, 15) is 4.39 Å². The van der Waals surface area contributed by atoms with Gasteiger partial charge in [-0.25, -0.2) is 4.39 Å². The van der Waals surface area contributed by atoms with Gasteiger partial charge >= 0.3 is 0 Å². The fourth-order valence-corrected chi connectivity index (χ4v) is 2.83. The van der Waals surface area contributed by atoms with Gasteiger partial charge in [-0.15, -0.1) is 10.2 Å². The van der Waals surface area contributed by atoms with E-state index in [0.29, 0.717) is 16.8 Å². The number of benzene rings is 3. The Balaban J connectivity index is 1.70. The van der Waals surface area contributed by atoms with Crippen molar-refractivity contribution in [2.45, 2.75) is 6.04 Å². The van der Waals surface area contributed by atoms with Crippen LogP contribution in [0.5, 0.6) is 0 Å². The lowest BCUT2D eigenvalue weighted by Gasteiger charge is -2.17. The van der Waals surface area contributed by atoms with E-state index in [0.717, 1.165) is 16.8 Å². The maximum Gasteiger partial charge on any atom is 0.247 e. The van der Waals surface area contributed by atoms with Crippen LogP contribution in [0.4, 0.5) is 10.1 Å². The topological polar surface area (TPSA) is 51.0 Å². The molecule has 0 fully saturated rings. The van der Waals surface area contributed by atoms with Gasteiger partial charge in [0.05, 0.1) is 0 Å². The van der Waals surface area contributed by atoms with Gasteiger partial charge in [-0.2, -0.15) is 0 Å². The molecule has 0 unspecified atom stereocenters. The third kappa shape index (κ3) is 3.99. The van der Waals surface area contributed by atoms with Crippen LogP contribution < -0.4 is 5.32 Å². The molecule has 1 N–H and O–H groups in total. The minimum atomic E-state index is -0.405. The summed E-state index contributed by atoms with van der Waals surface area (Å²) in [7, 11) is 0. The van der Waals surface area contributed by atoms with E-state index >= 15 is 0 Å². The summed E-state index contributed by atoms with van der Waals surface area (Å²) in [6.07, 6.45) is 0. The fourth-order valence-electron chi connectivity index (χ4n) is 2.70. The highest BCUT2D eigenvalue weighted by Gasteiger charge is 2.21. The van der Waals surface area contributed by atoms with Gasteiger partial charge < -0.3 is 9.73 Å². The Bertz CT molecular complexity index is 1020. The van der Waals surface area contributed by atoms with Crippen molar-refractivity contribution in [2.24, 2.45) is 0 Å². The number of nitrogens with one attached hydrogen (secondary N) is 1. The summed E-state index contributed by atoms with van der Waals surface area (Å²) in [6, 6.07) is 22.6. The van der Waals surface area contributed by atoms with Crippen molar-refractivity contribution in [2.75, 3.05) is 5.32 Å². The van der Waals surface area contributed by atoms with Crippen LogP contribution in [0.3, 0.4) is 0 Å². The second kappa shape index (κ2) is 7.60. The smallest absolute Gasteiger partial charge is 0.247 e. The van der Waals surface area contributed by atoms with E-state index in [1.807, 2.05) is 42.5 Å². The molecule has 0 bridgehead atoms. The molecular weight excluding hydrogens is 365 g/mol. The first-order valence-electron chi connectivity index (χ1n) is 8.35. The molecule has 3 aromatic carbocycles. The van der Waals surface area contributed by atoms with Gasteiger partial charge in [0.1, 0.15) is 11.9 Å². The van der Waals surface area contributed by atoms with Crippen LogP contribution in [-0.4, -0.2) is 10.2 Å². The van der Waals surface area contributed by atoms with Gasteiger partial charge in [0, 0.05) is 16.3 Å². The van der Waals surface area contributed by atoms with Crippen LogP contribution in [0.2, 0.25) is 5.02 Å². The SMILES string of the molecule is Fc1ccc(N[C@@H](c2ccc(Cl)cc2)c2nnc(-c3ccccc3)o2)cc1. The lowest BCUT2D eigenvalue weighted by molar-refractivity contribution is 0.494.